The predicted molar refractivity (Wildman–Crippen MR) is 56.8 cm³/mol. The van der Waals surface area contributed by atoms with Gasteiger partial charge in [-0.05, 0) is 22.0 Å². The molecule has 0 aliphatic rings. The van der Waals surface area contributed by atoms with Gasteiger partial charge in [-0.15, -0.1) is 0 Å². The van der Waals surface area contributed by atoms with Crippen LogP contribution in [0.3, 0.4) is 0 Å². The molecule has 0 fully saturated rings. The van der Waals surface area contributed by atoms with Crippen LogP contribution >= 0.6 is 15.9 Å². The van der Waals surface area contributed by atoms with Gasteiger partial charge in [0.1, 0.15) is 5.52 Å². The van der Waals surface area contributed by atoms with E-state index in [9.17, 15) is 5.11 Å². The van der Waals surface area contributed by atoms with Crippen molar-refractivity contribution in [2.45, 2.75) is 13.5 Å². The van der Waals surface area contributed by atoms with Gasteiger partial charge in [-0.2, -0.15) is 0 Å². The first kappa shape index (κ1) is 6.42. The molecule has 14 heavy (non-hydrogen) atoms. The van der Waals surface area contributed by atoms with Crippen LogP contribution in [0.1, 0.15) is 15.6 Å². The van der Waals surface area contributed by atoms with Gasteiger partial charge in [-0.3, -0.25) is 0 Å². The highest BCUT2D eigenvalue weighted by Crippen LogP contribution is 2.32. The fraction of sp³-hybridized carbons (Fsp3) is 0.222. The highest BCUT2D eigenvalue weighted by atomic mass is 79.9. The fourth-order valence-corrected chi connectivity index (χ4v) is 1.63. The van der Waals surface area contributed by atoms with Gasteiger partial charge < -0.3 is 15.3 Å². The molecule has 0 saturated heterocycles. The molecule has 0 aliphatic carbocycles. The molecule has 0 unspecified atom stereocenters. The van der Waals surface area contributed by atoms with Gasteiger partial charge in [0.15, 0.2) is 11.5 Å². The van der Waals surface area contributed by atoms with E-state index in [-0.39, 0.29) is 22.9 Å². The summed E-state index contributed by atoms with van der Waals surface area (Å²) in [6, 6.07) is -0.297. The number of aromatic nitrogens is 1. The number of rotatable bonds is 1. The third-order valence-electron chi connectivity index (χ3n) is 1.80. The molecule has 0 amide bonds. The van der Waals surface area contributed by atoms with Gasteiger partial charge in [-0.25, -0.2) is 4.98 Å². The van der Waals surface area contributed by atoms with Crippen molar-refractivity contribution in [1.82, 2.24) is 4.98 Å². The number of nitrogen functional groups attached to an aromatic ring is 1. The summed E-state index contributed by atoms with van der Waals surface area (Å²) in [7, 11) is 0. The zero-order valence-electron chi connectivity index (χ0n) is 10.3. The van der Waals surface area contributed by atoms with Gasteiger partial charge in [0.05, 0.1) is 20.8 Å². The average Bonchev–Trinajstić information content (AvgIpc) is 2.55. The normalized spacial score (nSPS) is 15.2. The van der Waals surface area contributed by atoms with Crippen LogP contribution < -0.4 is 5.73 Å². The first-order valence-corrected chi connectivity index (χ1v) is 4.60. The molecular formula is C9H9BrN2O2. The molecule has 0 radical (unpaired) electrons. The Bertz CT molecular complexity index is 607. The topological polar surface area (TPSA) is 72.3 Å². The second-order valence-corrected chi connectivity index (χ2v) is 3.54. The molecule has 2 rings (SSSR count). The van der Waals surface area contributed by atoms with Crippen molar-refractivity contribution < 1.29 is 13.6 Å². The summed E-state index contributed by atoms with van der Waals surface area (Å²) < 4.78 is 27.9. The monoisotopic (exact) mass is 260 g/mol. The van der Waals surface area contributed by atoms with Crippen molar-refractivity contribution in [3.63, 3.8) is 0 Å². The van der Waals surface area contributed by atoms with Crippen LogP contribution in [0.4, 0.5) is 5.69 Å². The Morgan fingerprint density at radius 1 is 1.93 bits per heavy atom. The number of halogens is 1. The summed E-state index contributed by atoms with van der Waals surface area (Å²) in [6.45, 7) is -1.10. The van der Waals surface area contributed by atoms with Gasteiger partial charge in [0.2, 0.25) is 0 Å². The minimum atomic E-state index is -2.71. The van der Waals surface area contributed by atoms with Crippen LogP contribution in [0.15, 0.2) is 14.9 Å². The third-order valence-corrected chi connectivity index (χ3v) is 2.60. The molecule has 0 bridgehead atoms. The number of hydrogen-bond donors (Lipinski definition) is 2. The van der Waals surface area contributed by atoms with Crippen LogP contribution in [0.2, 0.25) is 0 Å². The predicted octanol–water partition coefficient (Wildman–Crippen LogP) is 1.97. The number of fused-ring (bicyclic) bond motifs is 1. The maximum absolute atomic E-state index is 9.39. The smallest absolute Gasteiger partial charge is 0.192 e. The van der Waals surface area contributed by atoms with Crippen molar-refractivity contribution >= 4 is 32.7 Å². The van der Waals surface area contributed by atoms with Gasteiger partial charge >= 0.3 is 0 Å². The second-order valence-electron chi connectivity index (χ2n) is 2.75. The molecule has 1 aromatic carbocycles. The van der Waals surface area contributed by atoms with Crippen LogP contribution in [-0.4, -0.2) is 10.1 Å². The lowest BCUT2D eigenvalue weighted by Gasteiger charge is -2.03. The molecule has 1 aromatic heterocycles. The number of aryl methyl sites for hydroxylation is 1. The second kappa shape index (κ2) is 3.25. The summed E-state index contributed by atoms with van der Waals surface area (Å²) in [5.41, 5.74) is 5.76. The van der Waals surface area contributed by atoms with Crippen molar-refractivity contribution in [3.8, 4) is 0 Å². The molecule has 0 saturated carbocycles. The van der Waals surface area contributed by atoms with Gasteiger partial charge in [-0.1, -0.05) is 0 Å². The summed E-state index contributed by atoms with van der Waals surface area (Å²) in [5, 5.41) is 9.39. The molecule has 4 nitrogen and oxygen atoms in total. The molecule has 74 valence electrons. The van der Waals surface area contributed by atoms with E-state index in [0.717, 1.165) is 0 Å². The van der Waals surface area contributed by atoms with E-state index in [0.29, 0.717) is 15.9 Å². The van der Waals surface area contributed by atoms with E-state index in [2.05, 4.69) is 20.9 Å². The minimum Gasteiger partial charge on any atom is -0.441 e. The Labute approximate surface area is 93.1 Å². The Kier molecular flexibility index (Phi) is 1.49. The van der Waals surface area contributed by atoms with Crippen molar-refractivity contribution in [1.29, 1.82) is 0 Å². The molecule has 3 N–H and O–H groups in total. The molecule has 0 spiro atoms. The molecule has 0 aliphatic heterocycles. The summed E-state index contributed by atoms with van der Waals surface area (Å²) >= 11 is 3.16. The van der Waals surface area contributed by atoms with Crippen LogP contribution in [0.5, 0.6) is 0 Å². The number of oxazole rings is 1. The van der Waals surface area contributed by atoms with Crippen LogP contribution in [-0.2, 0) is 6.56 Å². The zero-order chi connectivity index (χ0) is 13.0. The number of hydrogen-bond acceptors (Lipinski definition) is 4. The van der Waals surface area contributed by atoms with E-state index in [1.165, 1.54) is 0 Å². The first-order chi connectivity index (χ1) is 7.73. The Morgan fingerprint density at radius 2 is 2.64 bits per heavy atom. The lowest BCUT2D eigenvalue weighted by molar-refractivity contribution is 0.282. The minimum absolute atomic E-state index is 0.0525. The van der Waals surface area contributed by atoms with E-state index in [4.69, 9.17) is 14.3 Å². The molecule has 2 aromatic rings. The number of nitrogens with two attached hydrogens (primary N) is 1. The quantitative estimate of drug-likeness (QED) is 0.770. The Balaban J connectivity index is 2.96. The van der Waals surface area contributed by atoms with E-state index >= 15 is 0 Å². The SMILES string of the molecule is [2H]C([2H])(O)c1c(N)c(Br)c2nc(C)oc2c1[3H]. The highest BCUT2D eigenvalue weighted by molar-refractivity contribution is 9.10. The Morgan fingerprint density at radius 3 is 3.29 bits per heavy atom. The summed E-state index contributed by atoms with van der Waals surface area (Å²) in [5.74, 6) is 0.337. The van der Waals surface area contributed by atoms with Crippen molar-refractivity contribution in [2.75, 3.05) is 5.73 Å². The summed E-state index contributed by atoms with van der Waals surface area (Å²) in [4.78, 5) is 4.04. The van der Waals surface area contributed by atoms with E-state index in [1.54, 1.807) is 6.92 Å². The zero-order valence-corrected chi connectivity index (χ0v) is 8.84. The highest BCUT2D eigenvalue weighted by Gasteiger charge is 2.12. The lowest BCUT2D eigenvalue weighted by atomic mass is 10.2. The number of benzene rings is 1. The third kappa shape index (κ3) is 1.29. The Hall–Kier alpha value is -1.07. The standard InChI is InChI=1S/C9H9BrN2O2/c1-4-12-9-6(14-4)2-5(3-13)8(11)7(9)10/h2,13H,3,11H2,1H3/i2T,3D2. The number of anilines is 1. The average molecular weight is 261 g/mol. The lowest BCUT2D eigenvalue weighted by Crippen LogP contribution is -1.95. The van der Waals surface area contributed by atoms with Gasteiger partial charge in [0, 0.05) is 12.5 Å². The van der Waals surface area contributed by atoms with Gasteiger partial charge in [0.25, 0.3) is 0 Å². The van der Waals surface area contributed by atoms with Crippen LogP contribution in [0, 0.1) is 6.92 Å². The molecular weight excluding hydrogens is 248 g/mol. The van der Waals surface area contributed by atoms with Crippen molar-refractivity contribution in [2.24, 2.45) is 0 Å². The van der Waals surface area contributed by atoms with Crippen molar-refractivity contribution in [3.05, 3.63) is 22.0 Å². The number of nitrogens with zero attached hydrogens (tertiary/aromatic N) is 1. The molecule has 0 atom stereocenters. The maximum Gasteiger partial charge on any atom is 0.192 e. The largest absolute Gasteiger partial charge is 0.441 e. The molecule has 5 heteroatoms. The number of aliphatic hydroxyl groups is 1. The van der Waals surface area contributed by atoms with E-state index < -0.39 is 6.56 Å². The fourth-order valence-electron chi connectivity index (χ4n) is 1.17. The maximum atomic E-state index is 9.39. The molecule has 1 heterocycles. The van der Waals surface area contributed by atoms with E-state index in [1.807, 2.05) is 0 Å². The van der Waals surface area contributed by atoms with Crippen LogP contribution in [0.25, 0.3) is 11.1 Å². The summed E-state index contributed by atoms with van der Waals surface area (Å²) in [6.07, 6.45) is 0. The first-order valence-electron chi connectivity index (χ1n) is 5.31.